The summed E-state index contributed by atoms with van der Waals surface area (Å²) in [5, 5.41) is 4.94. The van der Waals surface area contributed by atoms with Crippen LogP contribution in [0.4, 0.5) is 0 Å². The number of methoxy groups -OCH3 is 1. The molecule has 5 nitrogen and oxygen atoms in total. The Morgan fingerprint density at radius 2 is 1.72 bits per heavy atom. The molecule has 3 aromatic carbocycles. The number of hydrogen-bond donors (Lipinski definition) is 1. The molecule has 0 aliphatic rings. The maximum atomic E-state index is 12.7. The maximum Gasteiger partial charge on any atom is 0.339 e. The van der Waals surface area contributed by atoms with E-state index in [4.69, 9.17) is 9.47 Å². The highest BCUT2D eigenvalue weighted by Crippen LogP contribution is 2.24. The predicted molar refractivity (Wildman–Crippen MR) is 115 cm³/mol. The number of fused-ring (bicyclic) bond motifs is 1. The van der Waals surface area contributed by atoms with Gasteiger partial charge in [-0.15, -0.1) is 11.8 Å². The van der Waals surface area contributed by atoms with Crippen LogP contribution in [0.25, 0.3) is 10.8 Å². The second-order valence-electron chi connectivity index (χ2n) is 6.34. The average Bonchev–Trinajstić information content (AvgIpc) is 2.76. The standard InChI is InChI=1S/C23H23NO4S/c1-27-14-13-24-22(25)16-29-21-12-5-4-11-20(21)23(26)28-15-18-9-6-8-17-7-2-3-10-19(17)18/h2-12H,13-16H2,1H3,(H,24,25). The number of benzene rings is 3. The molecule has 0 saturated carbocycles. The Bertz CT molecular complexity index is 984. The van der Waals surface area contributed by atoms with Crippen LogP contribution in [-0.4, -0.2) is 37.9 Å². The van der Waals surface area contributed by atoms with Gasteiger partial charge in [-0.25, -0.2) is 4.79 Å². The van der Waals surface area contributed by atoms with Gasteiger partial charge in [-0.3, -0.25) is 4.79 Å². The molecule has 0 saturated heterocycles. The monoisotopic (exact) mass is 409 g/mol. The average molecular weight is 410 g/mol. The lowest BCUT2D eigenvalue weighted by Crippen LogP contribution is -2.28. The summed E-state index contributed by atoms with van der Waals surface area (Å²) in [6.07, 6.45) is 0. The topological polar surface area (TPSA) is 64.6 Å². The molecule has 0 spiro atoms. The first-order chi connectivity index (χ1) is 14.2. The molecule has 150 valence electrons. The van der Waals surface area contributed by atoms with Crippen LogP contribution in [0.5, 0.6) is 0 Å². The van der Waals surface area contributed by atoms with E-state index in [1.54, 1.807) is 19.2 Å². The zero-order valence-corrected chi connectivity index (χ0v) is 17.0. The Morgan fingerprint density at radius 3 is 2.59 bits per heavy atom. The Hall–Kier alpha value is -2.83. The quantitative estimate of drug-likeness (QED) is 0.328. The van der Waals surface area contributed by atoms with Crippen LogP contribution in [-0.2, 0) is 20.9 Å². The Morgan fingerprint density at radius 1 is 0.966 bits per heavy atom. The van der Waals surface area contributed by atoms with Gasteiger partial charge in [0.1, 0.15) is 6.61 Å². The first-order valence-electron chi connectivity index (χ1n) is 9.30. The van der Waals surface area contributed by atoms with Gasteiger partial charge in [0.05, 0.1) is 17.9 Å². The van der Waals surface area contributed by atoms with Crippen molar-refractivity contribution in [3.05, 3.63) is 77.9 Å². The molecule has 3 rings (SSSR count). The molecule has 0 atom stereocenters. The third-order valence-electron chi connectivity index (χ3n) is 4.33. The third kappa shape index (κ3) is 5.82. The van der Waals surface area contributed by atoms with Crippen molar-refractivity contribution in [1.82, 2.24) is 5.32 Å². The van der Waals surface area contributed by atoms with Crippen LogP contribution in [0.15, 0.2) is 71.6 Å². The molecule has 0 fully saturated rings. The molecule has 1 amide bonds. The van der Waals surface area contributed by atoms with Crippen LogP contribution in [0.1, 0.15) is 15.9 Å². The minimum Gasteiger partial charge on any atom is -0.457 e. The SMILES string of the molecule is COCCNC(=O)CSc1ccccc1C(=O)OCc1cccc2ccccc12. The molecule has 0 bridgehead atoms. The number of carbonyl (C=O) groups excluding carboxylic acids is 2. The van der Waals surface area contributed by atoms with E-state index >= 15 is 0 Å². The lowest BCUT2D eigenvalue weighted by atomic mass is 10.1. The molecule has 29 heavy (non-hydrogen) atoms. The van der Waals surface area contributed by atoms with Crippen molar-refractivity contribution >= 4 is 34.4 Å². The molecule has 3 aromatic rings. The lowest BCUT2D eigenvalue weighted by Gasteiger charge is -2.11. The summed E-state index contributed by atoms with van der Waals surface area (Å²) in [5.41, 5.74) is 1.42. The summed E-state index contributed by atoms with van der Waals surface area (Å²) in [4.78, 5) is 25.3. The fourth-order valence-electron chi connectivity index (χ4n) is 2.89. The number of thioether (sulfide) groups is 1. The van der Waals surface area contributed by atoms with Crippen LogP contribution in [0.3, 0.4) is 0 Å². The third-order valence-corrected chi connectivity index (χ3v) is 5.41. The van der Waals surface area contributed by atoms with E-state index in [1.807, 2.05) is 54.6 Å². The van der Waals surface area contributed by atoms with Gasteiger partial charge in [0.15, 0.2) is 0 Å². The van der Waals surface area contributed by atoms with Gasteiger partial charge in [0.25, 0.3) is 0 Å². The van der Waals surface area contributed by atoms with Gasteiger partial charge in [-0.05, 0) is 28.5 Å². The number of esters is 1. The minimum absolute atomic E-state index is 0.106. The molecule has 0 radical (unpaired) electrons. The molecule has 0 aliphatic heterocycles. The lowest BCUT2D eigenvalue weighted by molar-refractivity contribution is -0.118. The van der Waals surface area contributed by atoms with Gasteiger partial charge < -0.3 is 14.8 Å². The number of ether oxygens (including phenoxy) is 2. The van der Waals surface area contributed by atoms with Crippen molar-refractivity contribution < 1.29 is 19.1 Å². The molecule has 0 heterocycles. The van der Waals surface area contributed by atoms with E-state index < -0.39 is 5.97 Å². The van der Waals surface area contributed by atoms with Crippen LogP contribution in [0.2, 0.25) is 0 Å². The van der Waals surface area contributed by atoms with Crippen LogP contribution < -0.4 is 5.32 Å². The second-order valence-corrected chi connectivity index (χ2v) is 7.36. The first kappa shape index (κ1) is 20.9. The smallest absolute Gasteiger partial charge is 0.339 e. The van der Waals surface area contributed by atoms with E-state index in [9.17, 15) is 9.59 Å². The largest absolute Gasteiger partial charge is 0.457 e. The molecular formula is C23H23NO4S. The van der Waals surface area contributed by atoms with Gasteiger partial charge in [-0.1, -0.05) is 54.6 Å². The van der Waals surface area contributed by atoms with Gasteiger partial charge in [0, 0.05) is 18.6 Å². The van der Waals surface area contributed by atoms with Crippen LogP contribution in [0, 0.1) is 0 Å². The van der Waals surface area contributed by atoms with E-state index in [2.05, 4.69) is 5.32 Å². The highest BCUT2D eigenvalue weighted by Gasteiger charge is 2.14. The Labute approximate surface area is 174 Å². The Kier molecular flexibility index (Phi) is 7.67. The number of nitrogens with one attached hydrogen (secondary N) is 1. The van der Waals surface area contributed by atoms with Gasteiger partial charge in [-0.2, -0.15) is 0 Å². The Balaban J connectivity index is 1.63. The summed E-state index contributed by atoms with van der Waals surface area (Å²) in [5.74, 6) is -0.288. The summed E-state index contributed by atoms with van der Waals surface area (Å²) >= 11 is 1.31. The number of amides is 1. The summed E-state index contributed by atoms with van der Waals surface area (Å²) in [6, 6.07) is 21.1. The number of hydrogen-bond acceptors (Lipinski definition) is 5. The minimum atomic E-state index is -0.402. The van der Waals surface area contributed by atoms with Crippen molar-refractivity contribution in [2.24, 2.45) is 0 Å². The van der Waals surface area contributed by atoms with Crippen molar-refractivity contribution in [3.63, 3.8) is 0 Å². The van der Waals surface area contributed by atoms with Crippen molar-refractivity contribution in [2.45, 2.75) is 11.5 Å². The number of rotatable bonds is 9. The summed E-state index contributed by atoms with van der Waals surface area (Å²) in [7, 11) is 1.58. The fourth-order valence-corrected chi connectivity index (χ4v) is 3.76. The summed E-state index contributed by atoms with van der Waals surface area (Å²) in [6.45, 7) is 1.12. The molecular weight excluding hydrogens is 386 g/mol. The number of carbonyl (C=O) groups is 2. The van der Waals surface area contributed by atoms with E-state index in [0.29, 0.717) is 18.7 Å². The zero-order valence-electron chi connectivity index (χ0n) is 16.2. The highest BCUT2D eigenvalue weighted by molar-refractivity contribution is 8.00. The summed E-state index contributed by atoms with van der Waals surface area (Å²) < 4.78 is 10.5. The van der Waals surface area contributed by atoms with Gasteiger partial charge >= 0.3 is 5.97 Å². The second kappa shape index (κ2) is 10.6. The molecule has 0 aromatic heterocycles. The van der Waals surface area contributed by atoms with Crippen molar-refractivity contribution in [3.8, 4) is 0 Å². The van der Waals surface area contributed by atoms with Crippen LogP contribution >= 0.6 is 11.8 Å². The first-order valence-corrected chi connectivity index (χ1v) is 10.3. The van der Waals surface area contributed by atoms with E-state index in [-0.39, 0.29) is 18.3 Å². The molecule has 1 N–H and O–H groups in total. The normalized spacial score (nSPS) is 10.7. The molecule has 0 aliphatic carbocycles. The van der Waals surface area contributed by atoms with Crippen molar-refractivity contribution in [2.75, 3.05) is 26.0 Å². The van der Waals surface area contributed by atoms with Crippen molar-refractivity contribution in [1.29, 1.82) is 0 Å². The molecule has 0 unspecified atom stereocenters. The van der Waals surface area contributed by atoms with Gasteiger partial charge in [0.2, 0.25) is 5.91 Å². The maximum absolute atomic E-state index is 12.7. The molecule has 6 heteroatoms. The zero-order chi connectivity index (χ0) is 20.5. The van der Waals surface area contributed by atoms with E-state index in [0.717, 1.165) is 21.2 Å². The fraction of sp³-hybridized carbons (Fsp3) is 0.217. The predicted octanol–water partition coefficient (Wildman–Crippen LogP) is 4.05. The highest BCUT2D eigenvalue weighted by atomic mass is 32.2. The van der Waals surface area contributed by atoms with E-state index in [1.165, 1.54) is 11.8 Å².